The Hall–Kier alpha value is -0.550. The number of thiophene rings is 1. The van der Waals surface area contributed by atoms with Gasteiger partial charge in [-0.15, -0.1) is 11.3 Å². The highest BCUT2D eigenvalue weighted by atomic mass is 32.1. The van der Waals surface area contributed by atoms with Crippen molar-refractivity contribution in [1.82, 2.24) is 0 Å². The summed E-state index contributed by atoms with van der Waals surface area (Å²) in [6.07, 6.45) is -4.23. The highest BCUT2D eigenvalue weighted by Crippen LogP contribution is 2.36. The van der Waals surface area contributed by atoms with E-state index in [0.29, 0.717) is 4.88 Å². The first-order valence-corrected chi connectivity index (χ1v) is 4.60. The zero-order valence-electron chi connectivity index (χ0n) is 7.06. The van der Waals surface area contributed by atoms with E-state index < -0.39 is 12.1 Å². The number of alkyl halides is 3. The summed E-state index contributed by atoms with van der Waals surface area (Å²) in [5.74, 6) is -1.51. The van der Waals surface area contributed by atoms with E-state index in [-0.39, 0.29) is 6.54 Å². The highest BCUT2D eigenvalue weighted by Gasteiger charge is 2.40. The van der Waals surface area contributed by atoms with E-state index in [4.69, 9.17) is 5.73 Å². The van der Waals surface area contributed by atoms with Crippen molar-refractivity contribution in [3.05, 3.63) is 21.9 Å². The van der Waals surface area contributed by atoms with Gasteiger partial charge in [0.25, 0.3) is 0 Å². The van der Waals surface area contributed by atoms with Gasteiger partial charge in [0.2, 0.25) is 0 Å². The maximum atomic E-state index is 12.3. The number of hydrogen-bond acceptors (Lipinski definition) is 2. The molecule has 1 heterocycles. The molecule has 0 aliphatic carbocycles. The molecule has 1 atom stereocenters. The van der Waals surface area contributed by atoms with Crippen LogP contribution >= 0.6 is 11.3 Å². The van der Waals surface area contributed by atoms with Crippen LogP contribution in [0.4, 0.5) is 13.2 Å². The van der Waals surface area contributed by atoms with Crippen molar-refractivity contribution < 1.29 is 13.2 Å². The lowest BCUT2D eigenvalue weighted by atomic mass is 10.1. The van der Waals surface area contributed by atoms with Crippen LogP contribution in [0.5, 0.6) is 0 Å². The van der Waals surface area contributed by atoms with E-state index in [2.05, 4.69) is 0 Å². The highest BCUT2D eigenvalue weighted by molar-refractivity contribution is 7.12. The molecule has 1 rings (SSSR count). The molecule has 0 aliphatic rings. The summed E-state index contributed by atoms with van der Waals surface area (Å²) in [7, 11) is 0. The summed E-state index contributed by atoms with van der Waals surface area (Å²) in [5.41, 5.74) is 5.09. The van der Waals surface area contributed by atoms with Gasteiger partial charge >= 0.3 is 6.18 Å². The maximum absolute atomic E-state index is 12.3. The first kappa shape index (κ1) is 10.5. The molecule has 13 heavy (non-hydrogen) atoms. The van der Waals surface area contributed by atoms with E-state index in [1.807, 2.05) is 0 Å². The Morgan fingerprint density at radius 1 is 1.46 bits per heavy atom. The van der Waals surface area contributed by atoms with Gasteiger partial charge in [0, 0.05) is 16.3 Å². The molecular weight excluding hydrogens is 199 g/mol. The Balaban J connectivity index is 2.91. The second kappa shape index (κ2) is 3.67. The fourth-order valence-electron chi connectivity index (χ4n) is 1.05. The van der Waals surface area contributed by atoms with Gasteiger partial charge in [-0.1, -0.05) is 0 Å². The number of rotatable bonds is 2. The predicted molar refractivity (Wildman–Crippen MR) is 46.9 cm³/mol. The first-order chi connectivity index (χ1) is 5.95. The van der Waals surface area contributed by atoms with Crippen LogP contribution in [0.3, 0.4) is 0 Å². The van der Waals surface area contributed by atoms with Gasteiger partial charge in [0.05, 0.1) is 0 Å². The quantitative estimate of drug-likeness (QED) is 0.796. The molecule has 0 radical (unpaired) electrons. The van der Waals surface area contributed by atoms with Gasteiger partial charge < -0.3 is 5.73 Å². The van der Waals surface area contributed by atoms with Crippen LogP contribution in [-0.4, -0.2) is 12.7 Å². The van der Waals surface area contributed by atoms with Crippen molar-refractivity contribution in [3.63, 3.8) is 0 Å². The third-order valence-electron chi connectivity index (χ3n) is 1.74. The summed E-state index contributed by atoms with van der Waals surface area (Å²) in [5, 5.41) is 0. The zero-order valence-corrected chi connectivity index (χ0v) is 7.88. The molecule has 1 unspecified atom stereocenters. The molecule has 5 heteroatoms. The Bertz CT molecular complexity index is 279. The third-order valence-corrected chi connectivity index (χ3v) is 2.85. The minimum atomic E-state index is -4.23. The lowest BCUT2D eigenvalue weighted by Gasteiger charge is -2.16. The van der Waals surface area contributed by atoms with Crippen LogP contribution in [0.1, 0.15) is 15.7 Å². The van der Waals surface area contributed by atoms with Gasteiger partial charge in [0.15, 0.2) is 0 Å². The molecule has 0 saturated carbocycles. The molecule has 0 bridgehead atoms. The van der Waals surface area contributed by atoms with Gasteiger partial charge in [-0.05, 0) is 19.1 Å². The maximum Gasteiger partial charge on any atom is 0.397 e. The lowest BCUT2D eigenvalue weighted by molar-refractivity contribution is -0.147. The van der Waals surface area contributed by atoms with E-state index in [0.717, 1.165) is 16.2 Å². The molecule has 0 spiro atoms. The summed E-state index contributed by atoms with van der Waals surface area (Å²) >= 11 is 1.15. The Morgan fingerprint density at radius 2 is 2.08 bits per heavy atom. The lowest BCUT2D eigenvalue weighted by Crippen LogP contribution is -2.27. The van der Waals surface area contributed by atoms with Gasteiger partial charge in [-0.2, -0.15) is 13.2 Å². The molecule has 74 valence electrons. The summed E-state index contributed by atoms with van der Waals surface area (Å²) < 4.78 is 37.0. The van der Waals surface area contributed by atoms with E-state index in [1.165, 1.54) is 6.07 Å². The predicted octanol–water partition coefficient (Wildman–Crippen LogP) is 2.66. The van der Waals surface area contributed by atoms with Crippen LogP contribution in [0.2, 0.25) is 0 Å². The van der Waals surface area contributed by atoms with Crippen LogP contribution < -0.4 is 5.73 Å². The first-order valence-electron chi connectivity index (χ1n) is 3.78. The summed E-state index contributed by atoms with van der Waals surface area (Å²) in [4.78, 5) is 1.17. The second-order valence-electron chi connectivity index (χ2n) is 2.78. The summed E-state index contributed by atoms with van der Waals surface area (Å²) in [6.45, 7) is 1.39. The number of aryl methyl sites for hydroxylation is 1. The van der Waals surface area contributed by atoms with Crippen molar-refractivity contribution in [2.75, 3.05) is 6.54 Å². The topological polar surface area (TPSA) is 26.0 Å². The van der Waals surface area contributed by atoms with Crippen LogP contribution in [-0.2, 0) is 0 Å². The molecule has 0 aliphatic heterocycles. The third kappa shape index (κ3) is 2.45. The SMILES string of the molecule is Cc1ccc(C(CN)C(F)(F)F)s1. The van der Waals surface area contributed by atoms with Crippen molar-refractivity contribution in [2.45, 2.75) is 19.0 Å². The van der Waals surface area contributed by atoms with Crippen molar-refractivity contribution >= 4 is 11.3 Å². The largest absolute Gasteiger partial charge is 0.397 e. The molecule has 1 aromatic rings. The molecular formula is C8H10F3NS. The molecule has 0 saturated heterocycles. The number of halogens is 3. The fourth-order valence-corrected chi connectivity index (χ4v) is 2.07. The normalized spacial score (nSPS) is 14.5. The minimum Gasteiger partial charge on any atom is -0.329 e. The smallest absolute Gasteiger partial charge is 0.329 e. The monoisotopic (exact) mass is 209 g/mol. The molecule has 1 aromatic heterocycles. The second-order valence-corrected chi connectivity index (χ2v) is 4.10. The van der Waals surface area contributed by atoms with Gasteiger partial charge in [0.1, 0.15) is 5.92 Å². The van der Waals surface area contributed by atoms with Crippen molar-refractivity contribution in [1.29, 1.82) is 0 Å². The number of hydrogen-bond donors (Lipinski definition) is 1. The average molecular weight is 209 g/mol. The van der Waals surface area contributed by atoms with Crippen molar-refractivity contribution in [3.8, 4) is 0 Å². The zero-order chi connectivity index (χ0) is 10.1. The van der Waals surface area contributed by atoms with Crippen molar-refractivity contribution in [2.24, 2.45) is 5.73 Å². The standard InChI is InChI=1S/C8H10F3NS/c1-5-2-3-7(13-5)6(4-12)8(9,10)11/h2-3,6H,4,12H2,1H3. The van der Waals surface area contributed by atoms with Crippen LogP contribution in [0.25, 0.3) is 0 Å². The van der Waals surface area contributed by atoms with E-state index >= 15 is 0 Å². The van der Waals surface area contributed by atoms with Crippen LogP contribution in [0.15, 0.2) is 12.1 Å². The van der Waals surface area contributed by atoms with Gasteiger partial charge in [-0.3, -0.25) is 0 Å². The Morgan fingerprint density at radius 3 is 2.38 bits per heavy atom. The minimum absolute atomic E-state index is 0.299. The van der Waals surface area contributed by atoms with Crippen LogP contribution in [0, 0.1) is 6.92 Å². The Labute approximate surface area is 78.4 Å². The molecule has 0 amide bonds. The van der Waals surface area contributed by atoms with E-state index in [1.54, 1.807) is 13.0 Å². The molecule has 2 N–H and O–H groups in total. The molecule has 0 fully saturated rings. The summed E-state index contributed by atoms with van der Waals surface area (Å²) in [6, 6.07) is 3.17. The fraction of sp³-hybridized carbons (Fsp3) is 0.500. The number of nitrogens with two attached hydrogens (primary N) is 1. The van der Waals surface area contributed by atoms with E-state index in [9.17, 15) is 13.2 Å². The average Bonchev–Trinajstić information content (AvgIpc) is 2.34. The molecule has 0 aromatic carbocycles. The molecule has 1 nitrogen and oxygen atoms in total. The Kier molecular flexibility index (Phi) is 2.98. The van der Waals surface area contributed by atoms with Gasteiger partial charge in [-0.25, -0.2) is 0 Å².